The van der Waals surface area contributed by atoms with Gasteiger partial charge in [-0.15, -0.1) is 0 Å². The number of nitrogens with two attached hydrogens (primary N) is 1. The fraction of sp³-hybridized carbons (Fsp3) is 0.118. The molecule has 0 saturated heterocycles. The average Bonchev–Trinajstić information content (AvgIpc) is 2.39. The number of aromatic nitrogens is 1. The second-order valence-corrected chi connectivity index (χ2v) is 4.55. The highest BCUT2D eigenvalue weighted by Crippen LogP contribution is 2.29. The highest BCUT2D eigenvalue weighted by atomic mass is 14.7. The Kier molecular flexibility index (Phi) is 3.81. The van der Waals surface area contributed by atoms with Gasteiger partial charge in [0.05, 0.1) is 17.6 Å². The van der Waals surface area contributed by atoms with Gasteiger partial charge in [0.25, 0.3) is 0 Å². The maximum Gasteiger partial charge on any atom is 0.0709 e. The molecule has 0 aliphatic heterocycles. The van der Waals surface area contributed by atoms with E-state index in [9.17, 15) is 0 Å². The number of nitrogens with zero attached hydrogens (tertiary/aromatic N) is 1. The van der Waals surface area contributed by atoms with Gasteiger partial charge in [0.2, 0.25) is 0 Å². The van der Waals surface area contributed by atoms with Gasteiger partial charge in [-0.25, -0.2) is 0 Å². The Hall–Kier alpha value is -2.35. The number of nitrogen functional groups attached to an aromatic ring is 1. The lowest BCUT2D eigenvalue weighted by Gasteiger charge is -2.10. The van der Waals surface area contributed by atoms with Crippen molar-refractivity contribution in [3.05, 3.63) is 66.4 Å². The van der Waals surface area contributed by atoms with Gasteiger partial charge < -0.3 is 5.73 Å². The van der Waals surface area contributed by atoms with Crippen LogP contribution in [0.4, 0.5) is 5.69 Å². The van der Waals surface area contributed by atoms with E-state index in [0.29, 0.717) is 5.69 Å². The van der Waals surface area contributed by atoms with Crippen LogP contribution in [0.1, 0.15) is 18.1 Å². The van der Waals surface area contributed by atoms with E-state index in [2.05, 4.69) is 36.7 Å². The number of pyridine rings is 1. The third-order valence-corrected chi connectivity index (χ3v) is 2.95. The molecular formula is C17H18N2. The predicted molar refractivity (Wildman–Crippen MR) is 82.7 cm³/mol. The normalized spacial score (nSPS) is 10.8. The van der Waals surface area contributed by atoms with Crippen LogP contribution in [0, 0.1) is 6.92 Å². The lowest BCUT2D eigenvalue weighted by molar-refractivity contribution is 1.31. The lowest BCUT2D eigenvalue weighted by atomic mass is 9.96. The molecule has 0 fully saturated rings. The Morgan fingerprint density at radius 3 is 2.68 bits per heavy atom. The number of rotatable bonds is 3. The van der Waals surface area contributed by atoms with E-state index in [-0.39, 0.29) is 0 Å². The maximum absolute atomic E-state index is 5.69. The van der Waals surface area contributed by atoms with Crippen molar-refractivity contribution in [3.63, 3.8) is 0 Å². The summed E-state index contributed by atoms with van der Waals surface area (Å²) in [5.41, 5.74) is 11.6. The van der Waals surface area contributed by atoms with Crippen molar-refractivity contribution in [1.82, 2.24) is 4.98 Å². The number of hydrogen-bond donors (Lipinski definition) is 1. The fourth-order valence-electron chi connectivity index (χ4n) is 2.01. The molecule has 1 heterocycles. The Bertz CT molecular complexity index is 622. The number of benzene rings is 1. The zero-order valence-electron chi connectivity index (χ0n) is 11.4. The minimum Gasteiger partial charge on any atom is -0.397 e. The van der Waals surface area contributed by atoms with E-state index in [4.69, 9.17) is 5.73 Å². The first-order valence-electron chi connectivity index (χ1n) is 6.26. The van der Waals surface area contributed by atoms with Crippen LogP contribution >= 0.6 is 0 Å². The topological polar surface area (TPSA) is 38.9 Å². The van der Waals surface area contributed by atoms with E-state index in [1.165, 1.54) is 5.56 Å². The smallest absolute Gasteiger partial charge is 0.0709 e. The Labute approximate surface area is 114 Å². The average molecular weight is 250 g/mol. The molecular weight excluding hydrogens is 232 g/mol. The molecule has 19 heavy (non-hydrogen) atoms. The van der Waals surface area contributed by atoms with Gasteiger partial charge in [-0.1, -0.05) is 36.4 Å². The van der Waals surface area contributed by atoms with E-state index in [0.717, 1.165) is 22.4 Å². The van der Waals surface area contributed by atoms with Crippen LogP contribution in [0.2, 0.25) is 0 Å². The van der Waals surface area contributed by atoms with E-state index < -0.39 is 0 Å². The summed E-state index contributed by atoms with van der Waals surface area (Å²) < 4.78 is 0. The molecule has 0 spiro atoms. The van der Waals surface area contributed by atoms with Gasteiger partial charge in [-0.2, -0.15) is 0 Å². The Balaban J connectivity index is 2.57. The highest BCUT2D eigenvalue weighted by molar-refractivity contribution is 5.83. The van der Waals surface area contributed by atoms with Crippen molar-refractivity contribution < 1.29 is 0 Å². The summed E-state index contributed by atoms with van der Waals surface area (Å²) in [5, 5.41) is 0. The predicted octanol–water partition coefficient (Wildman–Crippen LogP) is 4.23. The van der Waals surface area contributed by atoms with Crippen molar-refractivity contribution in [1.29, 1.82) is 0 Å². The first-order valence-corrected chi connectivity index (χ1v) is 6.26. The Morgan fingerprint density at radius 2 is 2.05 bits per heavy atom. The maximum atomic E-state index is 5.69. The minimum atomic E-state index is 0.672. The van der Waals surface area contributed by atoms with Crippen molar-refractivity contribution in [3.8, 4) is 11.3 Å². The van der Waals surface area contributed by atoms with Crippen molar-refractivity contribution >= 4 is 11.3 Å². The molecule has 0 amide bonds. The summed E-state index contributed by atoms with van der Waals surface area (Å²) in [7, 11) is 0. The standard InChI is InChI=1S/C17H18N2/c1-4-5-13(3)15-8-6-12(2)10-16(15)17-9-7-14(18)11-19-17/h4-11H,3,18H2,1-2H3/b5-4-. The third kappa shape index (κ3) is 2.91. The molecule has 0 bridgehead atoms. The second kappa shape index (κ2) is 5.53. The molecule has 2 nitrogen and oxygen atoms in total. The van der Waals surface area contributed by atoms with Crippen molar-refractivity contribution in [2.45, 2.75) is 13.8 Å². The molecule has 0 aliphatic carbocycles. The number of aryl methyl sites for hydroxylation is 1. The van der Waals surface area contributed by atoms with Crippen LogP contribution in [0.5, 0.6) is 0 Å². The van der Waals surface area contributed by atoms with E-state index >= 15 is 0 Å². The Morgan fingerprint density at radius 1 is 1.26 bits per heavy atom. The van der Waals surface area contributed by atoms with Gasteiger partial charge in [0, 0.05) is 5.56 Å². The SMILES string of the molecule is C=C(/C=C\C)c1ccc(C)cc1-c1ccc(N)cn1. The minimum absolute atomic E-state index is 0.672. The molecule has 2 aromatic rings. The lowest BCUT2D eigenvalue weighted by Crippen LogP contribution is -1.92. The van der Waals surface area contributed by atoms with Crippen LogP contribution in [-0.2, 0) is 0 Å². The zero-order chi connectivity index (χ0) is 13.8. The quantitative estimate of drug-likeness (QED) is 0.828. The van der Waals surface area contributed by atoms with Gasteiger partial charge in [0.1, 0.15) is 0 Å². The van der Waals surface area contributed by atoms with Gasteiger partial charge in [-0.3, -0.25) is 4.98 Å². The number of allylic oxidation sites excluding steroid dienone is 3. The molecule has 1 aromatic carbocycles. The van der Waals surface area contributed by atoms with Crippen LogP contribution < -0.4 is 5.73 Å². The second-order valence-electron chi connectivity index (χ2n) is 4.55. The summed E-state index contributed by atoms with van der Waals surface area (Å²) in [6.45, 7) is 8.17. The fourth-order valence-corrected chi connectivity index (χ4v) is 2.01. The molecule has 1 aromatic heterocycles. The summed E-state index contributed by atoms with van der Waals surface area (Å²) >= 11 is 0. The first kappa shape index (κ1) is 13.1. The molecule has 0 saturated carbocycles. The molecule has 2 N–H and O–H groups in total. The van der Waals surface area contributed by atoms with Crippen LogP contribution in [0.15, 0.2) is 55.3 Å². The molecule has 96 valence electrons. The van der Waals surface area contributed by atoms with Gasteiger partial charge in [0.15, 0.2) is 0 Å². The molecule has 0 unspecified atom stereocenters. The zero-order valence-corrected chi connectivity index (χ0v) is 11.4. The summed E-state index contributed by atoms with van der Waals surface area (Å²) in [6, 6.07) is 10.1. The van der Waals surface area contributed by atoms with Crippen molar-refractivity contribution in [2.24, 2.45) is 0 Å². The molecule has 0 aliphatic rings. The summed E-state index contributed by atoms with van der Waals surface area (Å²) in [4.78, 5) is 4.40. The molecule has 2 heteroatoms. The van der Waals surface area contributed by atoms with Crippen LogP contribution in [0.3, 0.4) is 0 Å². The van der Waals surface area contributed by atoms with Crippen LogP contribution in [-0.4, -0.2) is 4.98 Å². The monoisotopic (exact) mass is 250 g/mol. The number of anilines is 1. The van der Waals surface area contributed by atoms with Crippen molar-refractivity contribution in [2.75, 3.05) is 5.73 Å². The van der Waals surface area contributed by atoms with E-state index in [1.54, 1.807) is 6.20 Å². The summed E-state index contributed by atoms with van der Waals surface area (Å²) in [5.74, 6) is 0. The largest absolute Gasteiger partial charge is 0.397 e. The molecule has 0 radical (unpaired) electrons. The van der Waals surface area contributed by atoms with Crippen LogP contribution in [0.25, 0.3) is 16.8 Å². The molecule has 2 rings (SSSR count). The first-order chi connectivity index (χ1) is 9.11. The molecule has 0 atom stereocenters. The summed E-state index contributed by atoms with van der Waals surface area (Å²) in [6.07, 6.45) is 5.67. The third-order valence-electron chi connectivity index (χ3n) is 2.95. The number of hydrogen-bond acceptors (Lipinski definition) is 2. The highest BCUT2D eigenvalue weighted by Gasteiger charge is 2.08. The van der Waals surface area contributed by atoms with Gasteiger partial charge in [-0.05, 0) is 43.2 Å². The van der Waals surface area contributed by atoms with Gasteiger partial charge >= 0.3 is 0 Å². The van der Waals surface area contributed by atoms with E-state index in [1.807, 2.05) is 31.2 Å².